The van der Waals surface area contributed by atoms with Gasteiger partial charge in [-0.15, -0.1) is 0 Å². The molecule has 1 N–H and O–H groups in total. The minimum Gasteiger partial charge on any atom is -0.314 e. The van der Waals surface area contributed by atoms with Crippen LogP contribution >= 0.6 is 0 Å². The zero-order chi connectivity index (χ0) is 10.4. The first-order valence-electron chi connectivity index (χ1n) is 6.10. The monoisotopic (exact) mass is 198 g/mol. The van der Waals surface area contributed by atoms with E-state index in [1.54, 1.807) is 0 Å². The van der Waals surface area contributed by atoms with Crippen molar-refractivity contribution in [1.82, 2.24) is 10.2 Å². The van der Waals surface area contributed by atoms with Crippen molar-refractivity contribution in [2.75, 3.05) is 27.2 Å². The Kier molecular flexibility index (Phi) is 5.49. The lowest BCUT2D eigenvalue weighted by molar-refractivity contribution is 0.342. The van der Waals surface area contributed by atoms with Crippen LogP contribution in [0.1, 0.15) is 39.0 Å². The summed E-state index contributed by atoms with van der Waals surface area (Å²) in [6.07, 6.45) is 6.93. The number of hydrogen-bond donors (Lipinski definition) is 1. The predicted octanol–water partition coefficient (Wildman–Crippen LogP) is 2.11. The molecule has 0 bridgehead atoms. The molecule has 1 atom stereocenters. The molecule has 0 aromatic rings. The highest BCUT2D eigenvalue weighted by Crippen LogP contribution is 2.34. The van der Waals surface area contributed by atoms with E-state index >= 15 is 0 Å². The summed E-state index contributed by atoms with van der Waals surface area (Å²) in [6, 6.07) is 0.768. The number of nitrogens with zero attached hydrogens (tertiary/aromatic N) is 1. The average Bonchev–Trinajstić information content (AvgIpc) is 2.93. The molecule has 0 saturated heterocycles. The average molecular weight is 198 g/mol. The molecule has 0 amide bonds. The quantitative estimate of drug-likeness (QED) is 0.642. The molecule has 0 spiro atoms. The summed E-state index contributed by atoms with van der Waals surface area (Å²) >= 11 is 0. The van der Waals surface area contributed by atoms with Crippen LogP contribution in [0.4, 0.5) is 0 Å². The van der Waals surface area contributed by atoms with Crippen molar-refractivity contribution in [3.63, 3.8) is 0 Å². The lowest BCUT2D eigenvalue weighted by Crippen LogP contribution is -2.33. The molecule has 84 valence electrons. The second kappa shape index (κ2) is 6.41. The van der Waals surface area contributed by atoms with Gasteiger partial charge in [-0.3, -0.25) is 0 Å². The fourth-order valence-corrected chi connectivity index (χ4v) is 1.82. The first-order valence-corrected chi connectivity index (χ1v) is 6.10. The molecule has 0 aromatic heterocycles. The van der Waals surface area contributed by atoms with Crippen molar-refractivity contribution in [2.24, 2.45) is 5.92 Å². The molecule has 1 aliphatic rings. The van der Waals surface area contributed by atoms with Crippen LogP contribution in [-0.2, 0) is 0 Å². The van der Waals surface area contributed by atoms with Crippen LogP contribution in [0.15, 0.2) is 0 Å². The Morgan fingerprint density at radius 3 is 2.57 bits per heavy atom. The van der Waals surface area contributed by atoms with E-state index < -0.39 is 0 Å². The largest absolute Gasteiger partial charge is 0.314 e. The molecule has 0 heterocycles. The first-order chi connectivity index (χ1) is 6.72. The molecular formula is C12H26N2. The van der Waals surface area contributed by atoms with Gasteiger partial charge in [0, 0.05) is 6.04 Å². The van der Waals surface area contributed by atoms with Crippen molar-refractivity contribution < 1.29 is 0 Å². The molecule has 0 aliphatic heterocycles. The standard InChI is InChI=1S/C12H26N2/c1-4-8-13-12(7-9-14(2)3)10-11-5-6-11/h11-13H,4-10H2,1-3H3. The van der Waals surface area contributed by atoms with Crippen molar-refractivity contribution >= 4 is 0 Å². The van der Waals surface area contributed by atoms with Crippen LogP contribution in [-0.4, -0.2) is 38.1 Å². The van der Waals surface area contributed by atoms with Gasteiger partial charge in [0.25, 0.3) is 0 Å². The van der Waals surface area contributed by atoms with Crippen LogP contribution < -0.4 is 5.32 Å². The summed E-state index contributed by atoms with van der Waals surface area (Å²) in [7, 11) is 4.32. The maximum Gasteiger partial charge on any atom is 0.00818 e. The SMILES string of the molecule is CCCNC(CCN(C)C)CC1CC1. The molecule has 2 heteroatoms. The minimum absolute atomic E-state index is 0.768. The molecule has 14 heavy (non-hydrogen) atoms. The van der Waals surface area contributed by atoms with E-state index in [-0.39, 0.29) is 0 Å². The van der Waals surface area contributed by atoms with E-state index in [0.717, 1.165) is 12.0 Å². The Bertz CT molecular complexity index is 141. The molecule has 0 aromatic carbocycles. The molecule has 1 unspecified atom stereocenters. The van der Waals surface area contributed by atoms with Gasteiger partial charge in [-0.05, 0) is 52.4 Å². The molecule has 1 aliphatic carbocycles. The highest BCUT2D eigenvalue weighted by Gasteiger charge is 2.24. The smallest absolute Gasteiger partial charge is 0.00818 e. The molecular weight excluding hydrogens is 172 g/mol. The van der Waals surface area contributed by atoms with E-state index in [2.05, 4.69) is 31.2 Å². The maximum absolute atomic E-state index is 3.67. The van der Waals surface area contributed by atoms with Crippen LogP contribution in [0.3, 0.4) is 0 Å². The van der Waals surface area contributed by atoms with E-state index in [1.165, 1.54) is 45.2 Å². The fourth-order valence-electron chi connectivity index (χ4n) is 1.82. The molecule has 2 nitrogen and oxygen atoms in total. The zero-order valence-electron chi connectivity index (χ0n) is 10.1. The third-order valence-electron chi connectivity index (χ3n) is 2.92. The Hall–Kier alpha value is -0.0800. The van der Waals surface area contributed by atoms with E-state index in [1.807, 2.05) is 0 Å². The molecule has 1 saturated carbocycles. The lowest BCUT2D eigenvalue weighted by atomic mass is 10.1. The Morgan fingerprint density at radius 2 is 2.07 bits per heavy atom. The molecule has 1 fully saturated rings. The number of hydrogen-bond acceptors (Lipinski definition) is 2. The summed E-state index contributed by atoms with van der Waals surface area (Å²) in [5, 5.41) is 3.67. The summed E-state index contributed by atoms with van der Waals surface area (Å²) in [5.41, 5.74) is 0. The topological polar surface area (TPSA) is 15.3 Å². The normalized spacial score (nSPS) is 18.9. The van der Waals surface area contributed by atoms with Gasteiger partial charge in [0.1, 0.15) is 0 Å². The fraction of sp³-hybridized carbons (Fsp3) is 1.00. The van der Waals surface area contributed by atoms with E-state index in [9.17, 15) is 0 Å². The minimum atomic E-state index is 0.768. The van der Waals surface area contributed by atoms with Crippen LogP contribution in [0.5, 0.6) is 0 Å². The van der Waals surface area contributed by atoms with E-state index in [4.69, 9.17) is 0 Å². The second-order valence-corrected chi connectivity index (χ2v) is 4.92. The number of nitrogens with one attached hydrogen (secondary N) is 1. The third kappa shape index (κ3) is 5.61. The van der Waals surface area contributed by atoms with Crippen molar-refractivity contribution in [1.29, 1.82) is 0 Å². The van der Waals surface area contributed by atoms with Gasteiger partial charge >= 0.3 is 0 Å². The van der Waals surface area contributed by atoms with Gasteiger partial charge in [0.15, 0.2) is 0 Å². The van der Waals surface area contributed by atoms with Gasteiger partial charge in [0.05, 0.1) is 0 Å². The highest BCUT2D eigenvalue weighted by molar-refractivity contribution is 4.80. The van der Waals surface area contributed by atoms with Crippen LogP contribution in [0.2, 0.25) is 0 Å². The van der Waals surface area contributed by atoms with Crippen molar-refractivity contribution in [2.45, 2.75) is 45.1 Å². The van der Waals surface area contributed by atoms with Gasteiger partial charge < -0.3 is 10.2 Å². The Morgan fingerprint density at radius 1 is 1.36 bits per heavy atom. The summed E-state index contributed by atoms with van der Waals surface area (Å²) in [6.45, 7) is 4.64. The maximum atomic E-state index is 3.67. The van der Waals surface area contributed by atoms with Crippen LogP contribution in [0.25, 0.3) is 0 Å². The molecule has 0 radical (unpaired) electrons. The van der Waals surface area contributed by atoms with Gasteiger partial charge in [-0.1, -0.05) is 19.8 Å². The zero-order valence-corrected chi connectivity index (χ0v) is 10.1. The predicted molar refractivity (Wildman–Crippen MR) is 62.6 cm³/mol. The molecule has 1 rings (SSSR count). The van der Waals surface area contributed by atoms with Gasteiger partial charge in [-0.2, -0.15) is 0 Å². The Balaban J connectivity index is 2.13. The van der Waals surface area contributed by atoms with Crippen molar-refractivity contribution in [3.8, 4) is 0 Å². The van der Waals surface area contributed by atoms with Crippen LogP contribution in [0, 0.1) is 5.92 Å². The number of rotatable bonds is 8. The summed E-state index contributed by atoms with van der Waals surface area (Å²) < 4.78 is 0. The lowest BCUT2D eigenvalue weighted by Gasteiger charge is -2.20. The summed E-state index contributed by atoms with van der Waals surface area (Å²) in [5.74, 6) is 1.05. The van der Waals surface area contributed by atoms with Gasteiger partial charge in [0.2, 0.25) is 0 Å². The Labute approximate surface area is 89.1 Å². The van der Waals surface area contributed by atoms with Crippen molar-refractivity contribution in [3.05, 3.63) is 0 Å². The first kappa shape index (κ1) is 12.0. The highest BCUT2D eigenvalue weighted by atomic mass is 15.1. The van der Waals surface area contributed by atoms with Gasteiger partial charge in [-0.25, -0.2) is 0 Å². The summed E-state index contributed by atoms with van der Waals surface area (Å²) in [4.78, 5) is 2.29. The van der Waals surface area contributed by atoms with E-state index in [0.29, 0.717) is 0 Å². The third-order valence-corrected chi connectivity index (χ3v) is 2.92. The second-order valence-electron chi connectivity index (χ2n) is 4.92.